The molecular formula is C20H44O4S2. The normalized spacial score (nSPS) is 13.7. The molecule has 0 spiro atoms. The molecule has 0 heterocycles. The maximum atomic E-state index is 11.9. The van der Waals surface area contributed by atoms with Gasteiger partial charge in [-0.1, -0.05) is 55.4 Å². The first-order chi connectivity index (χ1) is 11.4. The highest BCUT2D eigenvalue weighted by Crippen LogP contribution is 2.25. The van der Waals surface area contributed by atoms with Crippen LogP contribution in [0.4, 0.5) is 0 Å². The van der Waals surface area contributed by atoms with Crippen LogP contribution in [0.2, 0.25) is 0 Å². The van der Waals surface area contributed by atoms with Gasteiger partial charge in [0.2, 0.25) is 0 Å². The van der Waals surface area contributed by atoms with Gasteiger partial charge in [0.1, 0.15) is 0 Å². The Bertz CT molecular complexity index is 513. The van der Waals surface area contributed by atoms with E-state index in [1.165, 1.54) is 0 Å². The molecule has 0 fully saturated rings. The number of hydrogen-bond donors (Lipinski definition) is 0. The second kappa shape index (κ2) is 11.0. The van der Waals surface area contributed by atoms with E-state index in [1.807, 2.05) is 55.4 Å². The third-order valence-electron chi connectivity index (χ3n) is 4.70. The fourth-order valence-corrected chi connectivity index (χ4v) is 7.98. The first kappa shape index (κ1) is 28.1. The molecule has 0 aliphatic carbocycles. The molecule has 0 unspecified atom stereocenters. The minimum Gasteiger partial charge on any atom is -0.228 e. The first-order valence-corrected chi connectivity index (χ1v) is 13.1. The summed E-state index contributed by atoms with van der Waals surface area (Å²) in [5.41, 5.74) is 0. The lowest BCUT2D eigenvalue weighted by Gasteiger charge is -2.26. The molecule has 0 saturated carbocycles. The Hall–Kier alpha value is -0.100. The van der Waals surface area contributed by atoms with Gasteiger partial charge in [0.05, 0.1) is 21.0 Å². The van der Waals surface area contributed by atoms with Crippen LogP contribution in [-0.2, 0) is 19.7 Å². The average Bonchev–Trinajstić information content (AvgIpc) is 2.35. The van der Waals surface area contributed by atoms with Gasteiger partial charge in [-0.05, 0) is 51.4 Å². The third kappa shape index (κ3) is 7.87. The van der Waals surface area contributed by atoms with Crippen molar-refractivity contribution < 1.29 is 16.8 Å². The Morgan fingerprint density at radius 3 is 0.577 bits per heavy atom. The van der Waals surface area contributed by atoms with E-state index in [0.717, 1.165) is 0 Å². The van der Waals surface area contributed by atoms with Crippen molar-refractivity contribution in [2.45, 2.75) is 104 Å². The van der Waals surface area contributed by atoms with Gasteiger partial charge in [-0.15, -0.1) is 0 Å². The van der Waals surface area contributed by atoms with E-state index in [9.17, 15) is 16.8 Å². The van der Waals surface area contributed by atoms with E-state index in [1.54, 1.807) is 27.7 Å². The van der Waals surface area contributed by atoms with Gasteiger partial charge in [0.25, 0.3) is 0 Å². The van der Waals surface area contributed by atoms with Crippen molar-refractivity contribution in [2.24, 2.45) is 23.7 Å². The zero-order chi connectivity index (χ0) is 21.6. The Kier molecular flexibility index (Phi) is 11.9. The van der Waals surface area contributed by atoms with E-state index in [0.29, 0.717) is 0 Å². The predicted octanol–water partition coefficient (Wildman–Crippen LogP) is 4.98. The summed E-state index contributed by atoms with van der Waals surface area (Å²) in [5.74, 6) is 0.805. The van der Waals surface area contributed by atoms with Crippen molar-refractivity contribution in [1.29, 1.82) is 0 Å². The summed E-state index contributed by atoms with van der Waals surface area (Å²) in [6, 6.07) is 0. The van der Waals surface area contributed by atoms with Gasteiger partial charge >= 0.3 is 0 Å². The second-order valence-electron chi connectivity index (χ2n) is 9.18. The topological polar surface area (TPSA) is 68.3 Å². The average molecular weight is 413 g/mol. The summed E-state index contributed by atoms with van der Waals surface area (Å²) in [6.45, 7) is 22.8. The Morgan fingerprint density at radius 1 is 0.385 bits per heavy atom. The zero-order valence-electron chi connectivity index (χ0n) is 19.1. The quantitative estimate of drug-likeness (QED) is 0.564. The predicted molar refractivity (Wildman–Crippen MR) is 115 cm³/mol. The fraction of sp³-hybridized carbons (Fsp3) is 1.00. The molecule has 4 nitrogen and oxygen atoms in total. The molecule has 0 aliphatic rings. The summed E-state index contributed by atoms with van der Waals surface area (Å²) in [6.07, 6.45) is 0. The molecule has 0 aliphatic heterocycles. The molecule has 0 atom stereocenters. The summed E-state index contributed by atoms with van der Waals surface area (Å²) < 4.78 is 47.7. The minimum absolute atomic E-state index is 0.201. The molecule has 0 aromatic carbocycles. The highest BCUT2D eigenvalue weighted by molar-refractivity contribution is 7.92. The van der Waals surface area contributed by atoms with E-state index < -0.39 is 19.7 Å². The largest absolute Gasteiger partial charge is 0.228 e. The second-order valence-corrected chi connectivity index (χ2v) is 14.5. The van der Waals surface area contributed by atoms with Crippen molar-refractivity contribution in [3.63, 3.8) is 0 Å². The molecule has 6 heteroatoms. The third-order valence-corrected chi connectivity index (χ3v) is 11.0. The van der Waals surface area contributed by atoms with Crippen molar-refractivity contribution in [3.05, 3.63) is 0 Å². The maximum Gasteiger partial charge on any atom is 0.155 e. The molecular weight excluding hydrogens is 368 g/mol. The smallest absolute Gasteiger partial charge is 0.155 e. The van der Waals surface area contributed by atoms with Crippen LogP contribution in [0, 0.1) is 23.7 Å². The van der Waals surface area contributed by atoms with Crippen LogP contribution in [0.5, 0.6) is 0 Å². The van der Waals surface area contributed by atoms with E-state index in [2.05, 4.69) is 0 Å². The molecule has 0 bridgehead atoms. The molecule has 0 aromatic rings. The van der Waals surface area contributed by atoms with Crippen LogP contribution in [0.15, 0.2) is 0 Å². The first-order valence-electron chi connectivity index (χ1n) is 9.87. The Labute approximate surface area is 164 Å². The van der Waals surface area contributed by atoms with Crippen LogP contribution in [0.1, 0.15) is 83.1 Å². The van der Waals surface area contributed by atoms with Gasteiger partial charge in [-0.3, -0.25) is 0 Å². The van der Waals surface area contributed by atoms with Gasteiger partial charge < -0.3 is 0 Å². The van der Waals surface area contributed by atoms with Gasteiger partial charge in [-0.2, -0.15) is 0 Å². The standard InChI is InChI=1S/2C10H22O2S/c2*1-7(2)10(8(3)4)13(11,12)9(5)6/h2*7-10H,1-6H3. The van der Waals surface area contributed by atoms with Crippen LogP contribution >= 0.6 is 0 Å². The number of hydrogen-bond acceptors (Lipinski definition) is 4. The van der Waals surface area contributed by atoms with Crippen molar-refractivity contribution >= 4 is 19.7 Å². The van der Waals surface area contributed by atoms with E-state index in [-0.39, 0.29) is 44.7 Å². The SMILES string of the molecule is CC(C)C(C(C)C)S(=O)(=O)C(C)C.CC(C)C(C(C)C)S(=O)(=O)C(C)C. The molecule has 0 rings (SSSR count). The van der Waals surface area contributed by atoms with Crippen LogP contribution in [0.3, 0.4) is 0 Å². The molecule has 0 saturated heterocycles. The number of rotatable bonds is 8. The van der Waals surface area contributed by atoms with Gasteiger partial charge in [0.15, 0.2) is 19.7 Å². The summed E-state index contributed by atoms with van der Waals surface area (Å²) in [7, 11) is -5.88. The Balaban J connectivity index is 0. The summed E-state index contributed by atoms with van der Waals surface area (Å²) in [4.78, 5) is 0. The van der Waals surface area contributed by atoms with Crippen molar-refractivity contribution in [1.82, 2.24) is 0 Å². The highest BCUT2D eigenvalue weighted by atomic mass is 32.2. The molecule has 0 radical (unpaired) electrons. The lowest BCUT2D eigenvalue weighted by atomic mass is 10.00. The van der Waals surface area contributed by atoms with Crippen LogP contribution in [0.25, 0.3) is 0 Å². The molecule has 0 aromatic heterocycles. The minimum atomic E-state index is -2.94. The van der Waals surface area contributed by atoms with Crippen molar-refractivity contribution in [2.75, 3.05) is 0 Å². The monoisotopic (exact) mass is 412 g/mol. The van der Waals surface area contributed by atoms with Crippen molar-refractivity contribution in [3.8, 4) is 0 Å². The van der Waals surface area contributed by atoms with Crippen LogP contribution in [-0.4, -0.2) is 37.8 Å². The fourth-order valence-electron chi connectivity index (χ4n) is 3.69. The zero-order valence-corrected chi connectivity index (χ0v) is 20.7. The molecule has 26 heavy (non-hydrogen) atoms. The molecule has 160 valence electrons. The summed E-state index contributed by atoms with van der Waals surface area (Å²) >= 11 is 0. The lowest BCUT2D eigenvalue weighted by molar-refractivity contribution is 0.446. The maximum absolute atomic E-state index is 11.9. The Morgan fingerprint density at radius 2 is 0.538 bits per heavy atom. The van der Waals surface area contributed by atoms with Gasteiger partial charge in [-0.25, -0.2) is 16.8 Å². The number of sulfone groups is 2. The molecule has 0 N–H and O–H groups in total. The lowest BCUT2D eigenvalue weighted by Crippen LogP contribution is -2.36. The van der Waals surface area contributed by atoms with Gasteiger partial charge in [0, 0.05) is 0 Å². The molecule has 0 amide bonds. The highest BCUT2D eigenvalue weighted by Gasteiger charge is 2.34. The van der Waals surface area contributed by atoms with E-state index >= 15 is 0 Å². The van der Waals surface area contributed by atoms with E-state index in [4.69, 9.17) is 0 Å². The van der Waals surface area contributed by atoms with Crippen LogP contribution < -0.4 is 0 Å². The summed E-state index contributed by atoms with van der Waals surface area (Å²) in [5, 5.41) is -0.926.